The summed E-state index contributed by atoms with van der Waals surface area (Å²) in [6, 6.07) is 4.53. The van der Waals surface area contributed by atoms with E-state index in [1.807, 2.05) is 0 Å². The first-order valence-electron chi connectivity index (χ1n) is 8.81. The molecule has 132 valence electrons. The molecule has 4 nitrogen and oxygen atoms in total. The number of hydrogen-bond acceptors (Lipinski definition) is 2. The van der Waals surface area contributed by atoms with E-state index in [1.165, 1.54) is 12.1 Å². The van der Waals surface area contributed by atoms with Crippen molar-refractivity contribution in [3.8, 4) is 0 Å². The second-order valence-electron chi connectivity index (χ2n) is 7.92. The van der Waals surface area contributed by atoms with E-state index in [0.29, 0.717) is 24.7 Å². The highest BCUT2D eigenvalue weighted by molar-refractivity contribution is 5.94. The van der Waals surface area contributed by atoms with Crippen LogP contribution in [0.25, 0.3) is 0 Å². The van der Waals surface area contributed by atoms with E-state index >= 15 is 0 Å². The molecule has 0 bridgehead atoms. The fourth-order valence-electron chi connectivity index (χ4n) is 3.89. The smallest absolute Gasteiger partial charge is 0.321 e. The lowest BCUT2D eigenvalue weighted by Gasteiger charge is -2.40. The molecule has 2 heterocycles. The number of anilines is 1. The van der Waals surface area contributed by atoms with Gasteiger partial charge in [0, 0.05) is 25.6 Å². The molecule has 1 N–H and O–H groups in total. The zero-order chi connectivity index (χ0) is 17.3. The molecule has 1 aromatic carbocycles. The van der Waals surface area contributed by atoms with E-state index in [1.54, 1.807) is 11.0 Å². The van der Waals surface area contributed by atoms with Crippen LogP contribution in [-0.4, -0.2) is 31.8 Å². The van der Waals surface area contributed by atoms with Crippen LogP contribution >= 0.6 is 0 Å². The first kappa shape index (κ1) is 17.2. The van der Waals surface area contributed by atoms with Crippen LogP contribution in [0.2, 0.25) is 0 Å². The van der Waals surface area contributed by atoms with Crippen LogP contribution in [0, 0.1) is 17.2 Å². The number of carbonyl (C=O) groups excluding carboxylic acids is 1. The molecule has 0 saturated carbocycles. The Morgan fingerprint density at radius 1 is 1.42 bits per heavy atom. The van der Waals surface area contributed by atoms with Crippen molar-refractivity contribution in [2.45, 2.75) is 46.1 Å². The van der Waals surface area contributed by atoms with Crippen molar-refractivity contribution in [1.29, 1.82) is 0 Å². The number of nitrogens with one attached hydrogen (secondary N) is 1. The average Bonchev–Trinajstić information content (AvgIpc) is 2.95. The third-order valence-electron chi connectivity index (χ3n) is 5.00. The largest absolute Gasteiger partial charge is 0.377 e. The van der Waals surface area contributed by atoms with Crippen molar-refractivity contribution >= 4 is 11.7 Å². The Morgan fingerprint density at radius 3 is 2.96 bits per heavy atom. The van der Waals surface area contributed by atoms with Gasteiger partial charge in [0.1, 0.15) is 5.82 Å². The van der Waals surface area contributed by atoms with Gasteiger partial charge in [-0.15, -0.1) is 0 Å². The summed E-state index contributed by atoms with van der Waals surface area (Å²) in [6.07, 6.45) is 3.02. The number of halogens is 1. The van der Waals surface area contributed by atoms with E-state index in [0.717, 1.165) is 31.4 Å². The molecule has 1 fully saturated rings. The van der Waals surface area contributed by atoms with E-state index in [9.17, 15) is 9.18 Å². The summed E-state index contributed by atoms with van der Waals surface area (Å²) < 4.78 is 19.5. The number of amides is 2. The van der Waals surface area contributed by atoms with Gasteiger partial charge >= 0.3 is 6.03 Å². The van der Waals surface area contributed by atoms with Gasteiger partial charge in [0.15, 0.2) is 0 Å². The van der Waals surface area contributed by atoms with Crippen molar-refractivity contribution in [2.24, 2.45) is 11.3 Å². The normalized spacial score (nSPS) is 23.9. The fourth-order valence-corrected chi connectivity index (χ4v) is 3.89. The van der Waals surface area contributed by atoms with E-state index in [2.05, 4.69) is 26.1 Å². The minimum Gasteiger partial charge on any atom is -0.377 e. The number of hydrogen-bond donors (Lipinski definition) is 1. The number of benzene rings is 1. The standard InChI is InChI=1S/C19H27FN2O2/c1-19(2,3)17-14(5-4-10-24-17)12-21-18(23)22-9-8-13-6-7-15(20)11-16(13)22/h6-7,11,14,17H,4-5,8-10,12H2,1-3H3,(H,21,23). The maximum absolute atomic E-state index is 13.5. The molecule has 2 unspecified atom stereocenters. The monoisotopic (exact) mass is 334 g/mol. The topological polar surface area (TPSA) is 41.6 Å². The SMILES string of the molecule is CC(C)(C)C1OCCCC1CNC(=O)N1CCc2ccc(F)cc21. The maximum Gasteiger partial charge on any atom is 0.321 e. The van der Waals surface area contributed by atoms with Crippen LogP contribution in [0.15, 0.2) is 18.2 Å². The van der Waals surface area contributed by atoms with Gasteiger partial charge < -0.3 is 10.1 Å². The number of rotatable bonds is 2. The Labute approximate surface area is 143 Å². The number of urea groups is 1. The summed E-state index contributed by atoms with van der Waals surface area (Å²) in [7, 11) is 0. The minimum absolute atomic E-state index is 0.0547. The third-order valence-corrected chi connectivity index (χ3v) is 5.00. The maximum atomic E-state index is 13.5. The molecular formula is C19H27FN2O2. The van der Waals surface area contributed by atoms with Gasteiger partial charge in [0.2, 0.25) is 0 Å². The highest BCUT2D eigenvalue weighted by Gasteiger charge is 2.36. The van der Waals surface area contributed by atoms with Crippen LogP contribution in [0.3, 0.4) is 0 Å². The molecule has 2 aliphatic rings. The lowest BCUT2D eigenvalue weighted by molar-refractivity contribution is -0.0837. The number of fused-ring (bicyclic) bond motifs is 1. The van der Waals surface area contributed by atoms with Gasteiger partial charge in [-0.1, -0.05) is 26.8 Å². The van der Waals surface area contributed by atoms with Gasteiger partial charge in [-0.2, -0.15) is 0 Å². The second kappa shape index (κ2) is 6.71. The highest BCUT2D eigenvalue weighted by Crippen LogP contribution is 2.34. The predicted molar refractivity (Wildman–Crippen MR) is 92.8 cm³/mol. The zero-order valence-electron chi connectivity index (χ0n) is 14.8. The van der Waals surface area contributed by atoms with Crippen molar-refractivity contribution in [1.82, 2.24) is 5.32 Å². The highest BCUT2D eigenvalue weighted by atomic mass is 19.1. The van der Waals surface area contributed by atoms with E-state index in [4.69, 9.17) is 4.74 Å². The van der Waals surface area contributed by atoms with Crippen LogP contribution in [0.1, 0.15) is 39.2 Å². The van der Waals surface area contributed by atoms with Crippen LogP contribution in [0.5, 0.6) is 0 Å². The molecule has 1 aromatic rings. The van der Waals surface area contributed by atoms with Gasteiger partial charge in [-0.05, 0) is 42.4 Å². The molecule has 0 aliphatic carbocycles. The molecule has 3 rings (SSSR count). The lowest BCUT2D eigenvalue weighted by atomic mass is 9.78. The van der Waals surface area contributed by atoms with Crippen molar-refractivity contribution in [3.63, 3.8) is 0 Å². The molecule has 2 atom stereocenters. The molecule has 5 heteroatoms. The Hall–Kier alpha value is -1.62. The summed E-state index contributed by atoms with van der Waals surface area (Å²) in [5.74, 6) is 0.0132. The zero-order valence-corrected chi connectivity index (χ0v) is 14.8. The van der Waals surface area contributed by atoms with Gasteiger partial charge in [0.25, 0.3) is 0 Å². The van der Waals surface area contributed by atoms with Gasteiger partial charge in [0.05, 0.1) is 11.8 Å². The Bertz CT molecular complexity index is 612. The molecule has 2 aliphatic heterocycles. The fraction of sp³-hybridized carbons (Fsp3) is 0.632. The van der Waals surface area contributed by atoms with Crippen molar-refractivity contribution < 1.29 is 13.9 Å². The van der Waals surface area contributed by atoms with Crippen LogP contribution < -0.4 is 10.2 Å². The number of ether oxygens (including phenoxy) is 1. The summed E-state index contributed by atoms with van der Waals surface area (Å²) in [6.45, 7) is 8.54. The summed E-state index contributed by atoms with van der Waals surface area (Å²) in [4.78, 5) is 14.2. The first-order valence-corrected chi connectivity index (χ1v) is 8.81. The predicted octanol–water partition coefficient (Wildman–Crippen LogP) is 3.74. The Balaban J connectivity index is 1.63. The van der Waals surface area contributed by atoms with Crippen molar-refractivity contribution in [3.05, 3.63) is 29.6 Å². The summed E-state index contributed by atoms with van der Waals surface area (Å²) >= 11 is 0. The molecule has 1 saturated heterocycles. The molecule has 0 spiro atoms. The van der Waals surface area contributed by atoms with Gasteiger partial charge in [-0.25, -0.2) is 9.18 Å². The Morgan fingerprint density at radius 2 is 2.21 bits per heavy atom. The summed E-state index contributed by atoms with van der Waals surface area (Å²) in [5.41, 5.74) is 1.78. The molecular weight excluding hydrogens is 307 g/mol. The van der Waals surface area contributed by atoms with Crippen LogP contribution in [-0.2, 0) is 11.2 Å². The third kappa shape index (κ3) is 3.56. The number of carbonyl (C=O) groups is 1. The average molecular weight is 334 g/mol. The number of nitrogens with zero attached hydrogens (tertiary/aromatic N) is 1. The molecule has 24 heavy (non-hydrogen) atoms. The first-order chi connectivity index (χ1) is 11.4. The van der Waals surface area contributed by atoms with Crippen molar-refractivity contribution in [2.75, 3.05) is 24.6 Å². The minimum atomic E-state index is -0.304. The van der Waals surface area contributed by atoms with Crippen LogP contribution in [0.4, 0.5) is 14.9 Å². The Kier molecular flexibility index (Phi) is 4.81. The van der Waals surface area contributed by atoms with E-state index in [-0.39, 0.29) is 23.4 Å². The lowest BCUT2D eigenvalue weighted by Crippen LogP contribution is -2.47. The van der Waals surface area contributed by atoms with E-state index < -0.39 is 0 Å². The second-order valence-corrected chi connectivity index (χ2v) is 7.92. The molecule has 0 radical (unpaired) electrons. The summed E-state index contributed by atoms with van der Waals surface area (Å²) in [5, 5.41) is 3.04. The van der Waals surface area contributed by atoms with Gasteiger partial charge in [-0.3, -0.25) is 4.90 Å². The molecule has 2 amide bonds. The molecule has 0 aromatic heterocycles. The quantitative estimate of drug-likeness (QED) is 0.895.